The maximum Gasteiger partial charge on any atom is 0.122 e. The lowest BCUT2D eigenvalue weighted by Crippen LogP contribution is -2.04. The van der Waals surface area contributed by atoms with Gasteiger partial charge in [0.05, 0.1) is 0 Å². The van der Waals surface area contributed by atoms with E-state index >= 15 is 0 Å². The topological polar surface area (TPSA) is 80.9 Å². The molecule has 4 N–H and O–H groups in total. The first-order valence-corrected chi connectivity index (χ1v) is 12.8. The van der Waals surface area contributed by atoms with E-state index in [9.17, 15) is 20.4 Å². The van der Waals surface area contributed by atoms with Crippen LogP contribution < -0.4 is 0 Å². The zero-order valence-corrected chi connectivity index (χ0v) is 21.0. The molecule has 2 rings (SSSR count). The summed E-state index contributed by atoms with van der Waals surface area (Å²) in [6.07, 6.45) is 7.43. The molecule has 0 spiro atoms. The summed E-state index contributed by atoms with van der Waals surface area (Å²) < 4.78 is 0. The van der Waals surface area contributed by atoms with E-state index in [0.29, 0.717) is 30.8 Å². The molecule has 0 radical (unpaired) electrons. The second kappa shape index (κ2) is 13.6. The van der Waals surface area contributed by atoms with Gasteiger partial charge in [-0.1, -0.05) is 64.8 Å². The minimum absolute atomic E-state index is 0.141. The summed E-state index contributed by atoms with van der Waals surface area (Å²) >= 11 is 0. The maximum absolute atomic E-state index is 11.2. The summed E-state index contributed by atoms with van der Waals surface area (Å²) in [5.41, 5.74) is 5.80. The van der Waals surface area contributed by atoms with Gasteiger partial charge in [0.15, 0.2) is 0 Å². The second-order valence-electron chi connectivity index (χ2n) is 9.60. The normalized spacial score (nSPS) is 13.3. The first-order valence-electron chi connectivity index (χ1n) is 12.8. The molecule has 0 amide bonds. The summed E-state index contributed by atoms with van der Waals surface area (Å²) in [5.74, 6) is 1.14. The first kappa shape index (κ1) is 27.2. The van der Waals surface area contributed by atoms with Crippen LogP contribution in [0.25, 0.3) is 0 Å². The van der Waals surface area contributed by atoms with Crippen molar-refractivity contribution in [2.24, 2.45) is 0 Å². The molecular formula is C29H44O4. The minimum Gasteiger partial charge on any atom is -0.507 e. The van der Waals surface area contributed by atoms with Gasteiger partial charge in [-0.25, -0.2) is 0 Å². The highest BCUT2D eigenvalue weighted by atomic mass is 16.3. The Kier molecular flexibility index (Phi) is 11.2. The monoisotopic (exact) mass is 456 g/mol. The van der Waals surface area contributed by atoms with Crippen LogP contribution in [0.3, 0.4) is 0 Å². The Morgan fingerprint density at radius 1 is 0.667 bits per heavy atom. The fourth-order valence-electron chi connectivity index (χ4n) is 4.83. The molecule has 0 fully saturated rings. The van der Waals surface area contributed by atoms with E-state index in [4.69, 9.17) is 0 Å². The molecule has 0 bridgehead atoms. The number of hydrogen-bond acceptors (Lipinski definition) is 4. The van der Waals surface area contributed by atoms with Crippen molar-refractivity contribution in [2.75, 3.05) is 13.2 Å². The lowest BCUT2D eigenvalue weighted by atomic mass is 9.86. The van der Waals surface area contributed by atoms with E-state index in [1.807, 2.05) is 12.1 Å². The highest BCUT2D eigenvalue weighted by molar-refractivity contribution is 5.52. The van der Waals surface area contributed by atoms with Crippen LogP contribution in [-0.2, 0) is 19.3 Å². The maximum atomic E-state index is 11.2. The molecule has 184 valence electrons. The van der Waals surface area contributed by atoms with E-state index < -0.39 is 0 Å². The van der Waals surface area contributed by atoms with Crippen molar-refractivity contribution in [1.29, 1.82) is 0 Å². The smallest absolute Gasteiger partial charge is 0.122 e. The Hall–Kier alpha value is -2.04. The molecule has 4 nitrogen and oxygen atoms in total. The molecule has 0 aliphatic heterocycles. The van der Waals surface area contributed by atoms with Gasteiger partial charge >= 0.3 is 0 Å². The zero-order valence-electron chi connectivity index (χ0n) is 21.0. The lowest BCUT2D eigenvalue weighted by molar-refractivity contribution is 0.288. The zero-order chi connectivity index (χ0) is 24.4. The SMILES string of the molecule is CCCC(C)c1cc(CCCO)cc(Cc2cc(CCCO)cc(C(C)CCC)c2O)c1O. The van der Waals surface area contributed by atoms with Crippen LogP contribution in [0.2, 0.25) is 0 Å². The molecule has 2 aromatic carbocycles. The van der Waals surface area contributed by atoms with E-state index in [1.165, 1.54) is 0 Å². The molecule has 2 atom stereocenters. The van der Waals surface area contributed by atoms with Crippen LogP contribution in [0.5, 0.6) is 11.5 Å². The van der Waals surface area contributed by atoms with E-state index in [0.717, 1.165) is 71.9 Å². The van der Waals surface area contributed by atoms with Crippen molar-refractivity contribution in [3.63, 3.8) is 0 Å². The van der Waals surface area contributed by atoms with Gasteiger partial charge in [-0.3, -0.25) is 0 Å². The summed E-state index contributed by atoms with van der Waals surface area (Å²) in [6, 6.07) is 8.23. The Bertz CT molecular complexity index is 803. The van der Waals surface area contributed by atoms with Crippen LogP contribution in [0.15, 0.2) is 24.3 Å². The predicted octanol–water partition coefficient (Wildman–Crippen LogP) is 6.35. The average Bonchev–Trinajstić information content (AvgIpc) is 2.79. The molecule has 0 aliphatic carbocycles. The quantitative estimate of drug-likeness (QED) is 0.267. The van der Waals surface area contributed by atoms with E-state index in [2.05, 4.69) is 39.8 Å². The second-order valence-corrected chi connectivity index (χ2v) is 9.60. The van der Waals surface area contributed by atoms with Crippen LogP contribution >= 0.6 is 0 Å². The first-order chi connectivity index (χ1) is 15.9. The minimum atomic E-state index is 0.141. The Morgan fingerprint density at radius 3 is 1.39 bits per heavy atom. The van der Waals surface area contributed by atoms with Crippen molar-refractivity contribution in [3.8, 4) is 11.5 Å². The number of hydrogen-bond donors (Lipinski definition) is 4. The molecular weight excluding hydrogens is 412 g/mol. The molecule has 0 saturated heterocycles. The summed E-state index contributed by atoms with van der Waals surface area (Å²) in [7, 11) is 0. The number of aryl methyl sites for hydroxylation is 2. The molecule has 4 heteroatoms. The number of phenolic OH excluding ortho intramolecular Hbond substituents is 2. The van der Waals surface area contributed by atoms with E-state index in [1.54, 1.807) is 0 Å². The van der Waals surface area contributed by atoms with Crippen LogP contribution in [-0.4, -0.2) is 33.6 Å². The third-order valence-electron chi connectivity index (χ3n) is 6.69. The van der Waals surface area contributed by atoms with Gasteiger partial charge in [-0.15, -0.1) is 0 Å². The van der Waals surface area contributed by atoms with Gasteiger partial charge in [0, 0.05) is 19.6 Å². The van der Waals surface area contributed by atoms with Gasteiger partial charge in [-0.05, 0) is 83.7 Å². The Balaban J connectivity index is 2.54. The number of aromatic hydroxyl groups is 2. The fourth-order valence-corrected chi connectivity index (χ4v) is 4.83. The third kappa shape index (κ3) is 7.48. The summed E-state index contributed by atoms with van der Waals surface area (Å²) in [4.78, 5) is 0. The Labute approximate surface area is 200 Å². The number of benzene rings is 2. The predicted molar refractivity (Wildman–Crippen MR) is 136 cm³/mol. The van der Waals surface area contributed by atoms with Gasteiger partial charge in [0.2, 0.25) is 0 Å². The number of aliphatic hydroxyl groups is 2. The van der Waals surface area contributed by atoms with Crippen molar-refractivity contribution in [3.05, 3.63) is 57.6 Å². The van der Waals surface area contributed by atoms with Crippen molar-refractivity contribution < 1.29 is 20.4 Å². The molecule has 0 aliphatic rings. The van der Waals surface area contributed by atoms with Crippen molar-refractivity contribution in [1.82, 2.24) is 0 Å². The van der Waals surface area contributed by atoms with Crippen LogP contribution in [0, 0.1) is 0 Å². The summed E-state index contributed by atoms with van der Waals surface area (Å²) in [6.45, 7) is 8.88. The third-order valence-corrected chi connectivity index (χ3v) is 6.69. The Morgan fingerprint density at radius 2 is 1.06 bits per heavy atom. The highest BCUT2D eigenvalue weighted by Crippen LogP contribution is 2.38. The largest absolute Gasteiger partial charge is 0.507 e. The van der Waals surface area contributed by atoms with Gasteiger partial charge < -0.3 is 20.4 Å². The fraction of sp³-hybridized carbons (Fsp3) is 0.586. The van der Waals surface area contributed by atoms with Gasteiger partial charge in [0.25, 0.3) is 0 Å². The van der Waals surface area contributed by atoms with E-state index in [-0.39, 0.29) is 25.0 Å². The van der Waals surface area contributed by atoms with Crippen LogP contribution in [0.4, 0.5) is 0 Å². The summed E-state index contributed by atoms with van der Waals surface area (Å²) in [5, 5.41) is 41.0. The highest BCUT2D eigenvalue weighted by Gasteiger charge is 2.19. The standard InChI is InChI=1S/C29H44O4/c1-5-9-20(3)26-17-22(11-7-13-30)15-24(28(26)32)19-25-16-23(12-8-14-31)18-27(29(25)33)21(4)10-6-2/h15-18,20-21,30-33H,5-14,19H2,1-4H3. The molecule has 2 aromatic rings. The van der Waals surface area contributed by atoms with Crippen molar-refractivity contribution >= 4 is 0 Å². The van der Waals surface area contributed by atoms with Gasteiger partial charge in [-0.2, -0.15) is 0 Å². The molecule has 0 saturated carbocycles. The number of aliphatic hydroxyl groups excluding tert-OH is 2. The average molecular weight is 457 g/mol. The molecule has 0 heterocycles. The molecule has 33 heavy (non-hydrogen) atoms. The molecule has 2 unspecified atom stereocenters. The van der Waals surface area contributed by atoms with Crippen LogP contribution in [0.1, 0.15) is 111 Å². The number of rotatable bonds is 14. The number of phenols is 2. The van der Waals surface area contributed by atoms with Crippen molar-refractivity contribution in [2.45, 2.75) is 97.3 Å². The van der Waals surface area contributed by atoms with Gasteiger partial charge in [0.1, 0.15) is 11.5 Å². The lowest BCUT2D eigenvalue weighted by Gasteiger charge is -2.20. The molecule has 0 aromatic heterocycles.